The molecule has 0 unspecified atom stereocenters. The summed E-state index contributed by atoms with van der Waals surface area (Å²) in [7, 11) is 1.63. The van der Waals surface area contributed by atoms with Crippen molar-refractivity contribution in [3.05, 3.63) is 52.7 Å². The van der Waals surface area contributed by atoms with Crippen LogP contribution in [0.3, 0.4) is 0 Å². The molecule has 1 aromatic heterocycles. The van der Waals surface area contributed by atoms with E-state index >= 15 is 0 Å². The van der Waals surface area contributed by atoms with E-state index in [1.807, 2.05) is 0 Å². The fourth-order valence-electron chi connectivity index (χ4n) is 2.96. The van der Waals surface area contributed by atoms with Crippen molar-refractivity contribution in [3.63, 3.8) is 0 Å². The van der Waals surface area contributed by atoms with Crippen molar-refractivity contribution in [3.8, 4) is 0 Å². The van der Waals surface area contributed by atoms with Crippen LogP contribution in [0, 0.1) is 0 Å². The predicted octanol–water partition coefficient (Wildman–Crippen LogP) is 4.89. The lowest BCUT2D eigenvalue weighted by Gasteiger charge is -2.22. The van der Waals surface area contributed by atoms with Crippen molar-refractivity contribution in [2.45, 2.75) is 36.4 Å². The monoisotopic (exact) mass is 415 g/mol. The number of alkyl halides is 3. The molecule has 144 valence electrons. The Kier molecular flexibility index (Phi) is 5.18. The summed E-state index contributed by atoms with van der Waals surface area (Å²) < 4.78 is 42.9. The number of anilines is 1. The number of rotatable bonds is 4. The van der Waals surface area contributed by atoms with Crippen LogP contribution in [0.5, 0.6) is 0 Å². The van der Waals surface area contributed by atoms with Crippen LogP contribution >= 0.6 is 23.5 Å². The molecule has 27 heavy (non-hydrogen) atoms. The Morgan fingerprint density at radius 3 is 2.48 bits per heavy atom. The minimum absolute atomic E-state index is 0.0590. The van der Waals surface area contributed by atoms with Gasteiger partial charge < -0.3 is 0 Å². The zero-order valence-electron chi connectivity index (χ0n) is 14.8. The lowest BCUT2D eigenvalue weighted by atomic mass is 9.87. The summed E-state index contributed by atoms with van der Waals surface area (Å²) in [5, 5.41) is 0.367. The van der Waals surface area contributed by atoms with E-state index in [9.17, 15) is 18.0 Å². The number of pyridine rings is 1. The zero-order chi connectivity index (χ0) is 20.0. The molecule has 0 aliphatic carbocycles. The average Bonchev–Trinajstić information content (AvgIpc) is 2.76. The van der Waals surface area contributed by atoms with Gasteiger partial charge in [-0.2, -0.15) is 13.2 Å². The third-order valence-electron chi connectivity index (χ3n) is 4.50. The molecule has 2 heterocycles. The first-order valence-electron chi connectivity index (χ1n) is 8.05. The predicted molar refractivity (Wildman–Crippen MR) is 99.9 cm³/mol. The highest BCUT2D eigenvalue weighted by Crippen LogP contribution is 2.41. The van der Waals surface area contributed by atoms with Crippen LogP contribution in [0.15, 0.2) is 41.4 Å². The highest BCUT2D eigenvalue weighted by Gasteiger charge is 2.44. The molecule has 3 rings (SSSR count). The van der Waals surface area contributed by atoms with Crippen LogP contribution in [0.4, 0.5) is 19.0 Å². The van der Waals surface area contributed by atoms with E-state index in [1.54, 1.807) is 27.0 Å². The summed E-state index contributed by atoms with van der Waals surface area (Å²) in [4.78, 5) is 18.5. The smallest absolute Gasteiger partial charge is 0.299 e. The van der Waals surface area contributed by atoms with Gasteiger partial charge in [0.2, 0.25) is 5.91 Å². The summed E-state index contributed by atoms with van der Waals surface area (Å²) in [5.74, 6) is 0.425. The van der Waals surface area contributed by atoms with E-state index in [-0.39, 0.29) is 11.5 Å². The van der Waals surface area contributed by atoms with Gasteiger partial charge in [0, 0.05) is 28.7 Å². The molecule has 1 aliphatic heterocycles. The lowest BCUT2D eigenvalue weighted by molar-refractivity contribution is -0.152. The number of halogens is 4. The normalized spacial score (nSPS) is 17.1. The second-order valence-electron chi connectivity index (χ2n) is 6.78. The molecule has 0 bridgehead atoms. The molecule has 2 aromatic rings. The highest BCUT2D eigenvalue weighted by atomic mass is 35.5. The van der Waals surface area contributed by atoms with E-state index in [2.05, 4.69) is 9.71 Å². The number of amides is 1. The van der Waals surface area contributed by atoms with Crippen molar-refractivity contribution in [2.24, 2.45) is 0 Å². The van der Waals surface area contributed by atoms with Crippen LogP contribution in [-0.2, 0) is 10.2 Å². The maximum atomic E-state index is 13.5. The largest absolute Gasteiger partial charge is 0.408 e. The van der Waals surface area contributed by atoms with Crippen LogP contribution < -0.4 is 9.62 Å². The van der Waals surface area contributed by atoms with E-state index in [4.69, 9.17) is 11.6 Å². The van der Waals surface area contributed by atoms with Gasteiger partial charge in [-0.1, -0.05) is 23.7 Å². The number of carbonyl (C=O) groups is 1. The Labute approximate surface area is 164 Å². The van der Waals surface area contributed by atoms with Gasteiger partial charge in [0.05, 0.1) is 5.41 Å². The van der Waals surface area contributed by atoms with Gasteiger partial charge in [-0.05, 0) is 49.6 Å². The molecule has 0 fully saturated rings. The summed E-state index contributed by atoms with van der Waals surface area (Å²) in [6, 6.07) is 5.35. The molecule has 4 nitrogen and oxygen atoms in total. The van der Waals surface area contributed by atoms with Gasteiger partial charge in [0.1, 0.15) is 11.9 Å². The van der Waals surface area contributed by atoms with Gasteiger partial charge >= 0.3 is 6.18 Å². The van der Waals surface area contributed by atoms with E-state index in [0.717, 1.165) is 11.9 Å². The molecule has 0 saturated heterocycles. The standard InChI is InChI=1S/C18H17ClF3N3OS/c1-17(2)13-8-12(9-23-15(13)25(3)16(17)26)27-24-14(18(20,21)22)10-4-6-11(19)7-5-10/h4-9,14,24H,1-3H3/t14-/m1/s1. The Balaban J connectivity index is 1.84. The fourth-order valence-corrected chi connectivity index (χ4v) is 3.89. The molecule has 0 saturated carbocycles. The maximum Gasteiger partial charge on any atom is 0.408 e. The van der Waals surface area contributed by atoms with Gasteiger partial charge in [-0.25, -0.2) is 9.71 Å². The average molecular weight is 416 g/mol. The SMILES string of the molecule is CN1C(=O)C(C)(C)c2cc(SN[C@H](c3ccc(Cl)cc3)C(F)(F)F)cnc21. The molecule has 1 aliphatic rings. The zero-order valence-corrected chi connectivity index (χ0v) is 16.3. The third-order valence-corrected chi connectivity index (χ3v) is 5.56. The number of carbonyl (C=O) groups excluding carboxylic acids is 1. The maximum absolute atomic E-state index is 13.5. The molecule has 1 N–H and O–H groups in total. The van der Waals surface area contributed by atoms with Crippen LogP contribution in [-0.4, -0.2) is 24.1 Å². The minimum atomic E-state index is -4.49. The quantitative estimate of drug-likeness (QED) is 0.722. The number of hydrogen-bond acceptors (Lipinski definition) is 4. The summed E-state index contributed by atoms with van der Waals surface area (Å²) in [5.41, 5.74) is -0.0200. The van der Waals surface area contributed by atoms with Crippen LogP contribution in [0.25, 0.3) is 0 Å². The van der Waals surface area contributed by atoms with Gasteiger partial charge in [-0.3, -0.25) is 9.69 Å². The van der Waals surface area contributed by atoms with Crippen LogP contribution in [0.1, 0.15) is 31.0 Å². The van der Waals surface area contributed by atoms with E-state index in [1.165, 1.54) is 35.4 Å². The van der Waals surface area contributed by atoms with Gasteiger partial charge in [0.15, 0.2) is 0 Å². The van der Waals surface area contributed by atoms with E-state index < -0.39 is 17.6 Å². The number of aromatic nitrogens is 1. The second-order valence-corrected chi connectivity index (χ2v) is 8.13. The van der Waals surface area contributed by atoms with Gasteiger partial charge in [-0.15, -0.1) is 0 Å². The number of benzene rings is 1. The first-order valence-corrected chi connectivity index (χ1v) is 9.24. The number of fused-ring (bicyclic) bond motifs is 1. The van der Waals surface area contributed by atoms with Crippen molar-refractivity contribution >= 4 is 35.3 Å². The molecule has 1 amide bonds. The number of likely N-dealkylation sites (N-methyl/N-ethyl adjacent to an activating group) is 1. The summed E-state index contributed by atoms with van der Waals surface area (Å²) in [6.45, 7) is 3.54. The Hall–Kier alpha value is -1.77. The molecule has 0 radical (unpaired) electrons. The molecule has 0 spiro atoms. The molecular formula is C18H17ClF3N3OS. The highest BCUT2D eigenvalue weighted by molar-refractivity contribution is 7.97. The Bertz CT molecular complexity index is 871. The minimum Gasteiger partial charge on any atom is -0.299 e. The lowest BCUT2D eigenvalue weighted by Crippen LogP contribution is -2.33. The molecule has 1 aromatic carbocycles. The van der Waals surface area contributed by atoms with E-state index in [0.29, 0.717) is 21.3 Å². The summed E-state index contributed by atoms with van der Waals surface area (Å²) >= 11 is 6.59. The topological polar surface area (TPSA) is 45.2 Å². The Morgan fingerprint density at radius 2 is 1.89 bits per heavy atom. The fraction of sp³-hybridized carbons (Fsp3) is 0.333. The molecule has 1 atom stereocenters. The van der Waals surface area contributed by atoms with Crippen molar-refractivity contribution in [1.29, 1.82) is 0 Å². The van der Waals surface area contributed by atoms with Crippen LogP contribution in [0.2, 0.25) is 5.02 Å². The summed E-state index contributed by atoms with van der Waals surface area (Å²) in [6.07, 6.45) is -3.03. The molecular weight excluding hydrogens is 399 g/mol. The number of nitrogens with one attached hydrogen (secondary N) is 1. The number of hydrogen-bond donors (Lipinski definition) is 1. The second kappa shape index (κ2) is 7.00. The Morgan fingerprint density at radius 1 is 1.26 bits per heavy atom. The third kappa shape index (κ3) is 3.79. The first-order chi connectivity index (χ1) is 12.5. The van der Waals surface area contributed by atoms with Crippen molar-refractivity contribution in [2.75, 3.05) is 11.9 Å². The molecule has 9 heteroatoms. The van der Waals surface area contributed by atoms with Crippen molar-refractivity contribution in [1.82, 2.24) is 9.71 Å². The van der Waals surface area contributed by atoms with Crippen molar-refractivity contribution < 1.29 is 18.0 Å². The number of nitrogens with zero attached hydrogens (tertiary/aromatic N) is 2. The first kappa shape index (κ1) is 20.0. The van der Waals surface area contributed by atoms with Gasteiger partial charge in [0.25, 0.3) is 0 Å².